The zero-order valence-corrected chi connectivity index (χ0v) is 9.16. The van der Waals surface area contributed by atoms with Crippen LogP contribution in [0, 0.1) is 11.6 Å². The van der Waals surface area contributed by atoms with Crippen LogP contribution in [0.15, 0.2) is 18.2 Å². The molecule has 1 atom stereocenters. The van der Waals surface area contributed by atoms with Crippen LogP contribution >= 0.6 is 11.6 Å². The molecule has 1 nitrogen and oxygen atoms in total. The van der Waals surface area contributed by atoms with Gasteiger partial charge in [-0.3, -0.25) is 0 Å². The highest BCUT2D eigenvalue weighted by molar-refractivity contribution is 6.20. The molecule has 0 saturated carbocycles. The molecule has 0 N–H and O–H groups in total. The first-order chi connectivity index (χ1) is 7.79. The van der Waals surface area contributed by atoms with Crippen molar-refractivity contribution in [1.82, 2.24) is 0 Å². The van der Waals surface area contributed by atoms with E-state index < -0.39 is 36.4 Å². The van der Waals surface area contributed by atoms with Crippen molar-refractivity contribution in [3.8, 4) is 0 Å². The van der Waals surface area contributed by atoms with Crippen molar-refractivity contribution in [2.45, 2.75) is 11.6 Å². The molecule has 0 aliphatic carbocycles. The van der Waals surface area contributed by atoms with E-state index in [0.29, 0.717) is 0 Å². The monoisotopic (exact) mass is 274 g/mol. The minimum absolute atomic E-state index is 0.228. The van der Waals surface area contributed by atoms with Crippen molar-refractivity contribution in [3.63, 3.8) is 0 Å². The molecule has 1 unspecified atom stereocenters. The van der Waals surface area contributed by atoms with Crippen molar-refractivity contribution in [1.29, 1.82) is 0 Å². The standard InChI is InChI=1S/C10H8ClF5O/c11-8(4-17-5-10(14,15)16)7-3-6(12)1-2-9(7)13/h1-3,8H,4-5H2. The van der Waals surface area contributed by atoms with Gasteiger partial charge in [0.05, 0.1) is 12.0 Å². The Morgan fingerprint density at radius 1 is 1.24 bits per heavy atom. The second-order valence-electron chi connectivity index (χ2n) is 3.26. The molecule has 1 aromatic carbocycles. The summed E-state index contributed by atoms with van der Waals surface area (Å²) >= 11 is 5.61. The normalized spacial score (nSPS) is 13.8. The minimum atomic E-state index is -4.48. The van der Waals surface area contributed by atoms with Gasteiger partial charge in [-0.25, -0.2) is 8.78 Å². The van der Waals surface area contributed by atoms with Crippen LogP contribution in [0.5, 0.6) is 0 Å². The largest absolute Gasteiger partial charge is 0.411 e. The maximum absolute atomic E-state index is 13.2. The van der Waals surface area contributed by atoms with Gasteiger partial charge < -0.3 is 4.74 Å². The fraction of sp³-hybridized carbons (Fsp3) is 0.400. The maximum atomic E-state index is 13.2. The predicted molar refractivity (Wildman–Crippen MR) is 51.8 cm³/mol. The van der Waals surface area contributed by atoms with Crippen LogP contribution in [0.3, 0.4) is 0 Å². The van der Waals surface area contributed by atoms with Gasteiger partial charge in [0, 0.05) is 5.56 Å². The quantitative estimate of drug-likeness (QED) is 0.599. The topological polar surface area (TPSA) is 9.23 Å². The first kappa shape index (κ1) is 14.2. The first-order valence-corrected chi connectivity index (χ1v) is 4.97. The molecule has 7 heteroatoms. The lowest BCUT2D eigenvalue weighted by Gasteiger charge is -2.12. The van der Waals surface area contributed by atoms with Crippen molar-refractivity contribution in [2.75, 3.05) is 13.2 Å². The van der Waals surface area contributed by atoms with Gasteiger partial charge in [0.15, 0.2) is 0 Å². The van der Waals surface area contributed by atoms with Gasteiger partial charge >= 0.3 is 6.18 Å². The molecule has 1 rings (SSSR count). The third-order valence-electron chi connectivity index (χ3n) is 1.83. The average molecular weight is 275 g/mol. The van der Waals surface area contributed by atoms with Crippen molar-refractivity contribution < 1.29 is 26.7 Å². The number of halogens is 6. The van der Waals surface area contributed by atoms with E-state index in [1.807, 2.05) is 0 Å². The highest BCUT2D eigenvalue weighted by Crippen LogP contribution is 2.25. The molecule has 0 heterocycles. The van der Waals surface area contributed by atoms with E-state index in [9.17, 15) is 22.0 Å². The van der Waals surface area contributed by atoms with Crippen LogP contribution in [-0.2, 0) is 4.74 Å². The Labute approximate surface area is 99.1 Å². The Morgan fingerprint density at radius 2 is 1.88 bits per heavy atom. The number of rotatable bonds is 4. The minimum Gasteiger partial charge on any atom is -0.370 e. The summed E-state index contributed by atoms with van der Waals surface area (Å²) in [4.78, 5) is 0. The van der Waals surface area contributed by atoms with Gasteiger partial charge in [0.1, 0.15) is 18.2 Å². The predicted octanol–water partition coefficient (Wildman–Crippen LogP) is 3.82. The molecule has 1 aromatic rings. The van der Waals surface area contributed by atoms with E-state index in [4.69, 9.17) is 11.6 Å². The molecule has 0 spiro atoms. The summed E-state index contributed by atoms with van der Waals surface area (Å²) < 4.78 is 65.4. The molecule has 0 saturated heterocycles. The molecule has 0 aromatic heterocycles. The van der Waals surface area contributed by atoms with Crippen LogP contribution in [-0.4, -0.2) is 19.4 Å². The summed E-state index contributed by atoms with van der Waals surface area (Å²) in [7, 11) is 0. The Hall–Kier alpha value is -0.880. The summed E-state index contributed by atoms with van der Waals surface area (Å²) in [5.41, 5.74) is -0.228. The maximum Gasteiger partial charge on any atom is 0.411 e. The second kappa shape index (κ2) is 5.64. The summed E-state index contributed by atoms with van der Waals surface area (Å²) in [5, 5.41) is -1.17. The van der Waals surface area contributed by atoms with Gasteiger partial charge in [-0.15, -0.1) is 11.6 Å². The Morgan fingerprint density at radius 3 is 2.47 bits per heavy atom. The van der Waals surface area contributed by atoms with Gasteiger partial charge in [-0.2, -0.15) is 13.2 Å². The van der Waals surface area contributed by atoms with Gasteiger partial charge in [0.2, 0.25) is 0 Å². The molecular formula is C10H8ClF5O. The molecule has 0 aliphatic rings. The SMILES string of the molecule is Fc1ccc(F)c(C(Cl)COCC(F)(F)F)c1. The number of alkyl halides is 4. The van der Waals surface area contributed by atoms with Crippen molar-refractivity contribution in [3.05, 3.63) is 35.4 Å². The lowest BCUT2D eigenvalue weighted by molar-refractivity contribution is -0.173. The van der Waals surface area contributed by atoms with Crippen LogP contribution in [0.25, 0.3) is 0 Å². The number of hydrogen-bond acceptors (Lipinski definition) is 1. The van der Waals surface area contributed by atoms with Gasteiger partial charge in [-0.05, 0) is 18.2 Å². The van der Waals surface area contributed by atoms with Gasteiger partial charge in [-0.1, -0.05) is 0 Å². The third-order valence-corrected chi connectivity index (χ3v) is 2.19. The number of hydrogen-bond donors (Lipinski definition) is 0. The third kappa shape index (κ3) is 4.87. The zero-order valence-electron chi connectivity index (χ0n) is 8.40. The highest BCUT2D eigenvalue weighted by Gasteiger charge is 2.28. The summed E-state index contributed by atoms with van der Waals surface area (Å²) in [6.07, 6.45) is -4.48. The Bertz CT molecular complexity index is 379. The van der Waals surface area contributed by atoms with Crippen LogP contribution < -0.4 is 0 Å². The average Bonchev–Trinajstić information content (AvgIpc) is 2.19. The Balaban J connectivity index is 2.58. The molecule has 0 aliphatic heterocycles. The van der Waals surface area contributed by atoms with Gasteiger partial charge in [0.25, 0.3) is 0 Å². The lowest BCUT2D eigenvalue weighted by atomic mass is 10.1. The molecule has 96 valence electrons. The van der Waals surface area contributed by atoms with Crippen LogP contribution in [0.2, 0.25) is 0 Å². The number of benzene rings is 1. The van der Waals surface area contributed by atoms with E-state index in [0.717, 1.165) is 18.2 Å². The molecular weight excluding hydrogens is 267 g/mol. The summed E-state index contributed by atoms with van der Waals surface area (Å²) in [6, 6.07) is 2.56. The molecule has 0 radical (unpaired) electrons. The lowest BCUT2D eigenvalue weighted by Crippen LogP contribution is -2.18. The highest BCUT2D eigenvalue weighted by atomic mass is 35.5. The first-order valence-electron chi connectivity index (χ1n) is 4.53. The molecule has 0 bridgehead atoms. The van der Waals surface area contributed by atoms with Crippen molar-refractivity contribution >= 4 is 11.6 Å². The van der Waals surface area contributed by atoms with Crippen molar-refractivity contribution in [2.24, 2.45) is 0 Å². The second-order valence-corrected chi connectivity index (χ2v) is 3.79. The zero-order chi connectivity index (χ0) is 13.1. The van der Waals surface area contributed by atoms with E-state index in [1.165, 1.54) is 0 Å². The van der Waals surface area contributed by atoms with E-state index in [2.05, 4.69) is 4.74 Å². The molecule has 0 fully saturated rings. The molecule has 17 heavy (non-hydrogen) atoms. The van der Waals surface area contributed by atoms with Crippen LogP contribution in [0.1, 0.15) is 10.9 Å². The fourth-order valence-corrected chi connectivity index (χ4v) is 1.38. The summed E-state index contributed by atoms with van der Waals surface area (Å²) in [5.74, 6) is -1.51. The van der Waals surface area contributed by atoms with E-state index in [-0.39, 0.29) is 5.56 Å². The number of ether oxygens (including phenoxy) is 1. The summed E-state index contributed by atoms with van der Waals surface area (Å²) in [6.45, 7) is -2.03. The smallest absolute Gasteiger partial charge is 0.370 e. The Kier molecular flexibility index (Phi) is 4.70. The van der Waals surface area contributed by atoms with E-state index >= 15 is 0 Å². The fourth-order valence-electron chi connectivity index (χ4n) is 1.12. The van der Waals surface area contributed by atoms with Crippen LogP contribution in [0.4, 0.5) is 22.0 Å². The molecule has 0 amide bonds. The van der Waals surface area contributed by atoms with E-state index in [1.54, 1.807) is 0 Å².